The number of hydrogen-bond donors (Lipinski definition) is 2. The second-order valence-electron chi connectivity index (χ2n) is 6.62. The number of para-hydroxylation sites is 1. The van der Waals surface area contributed by atoms with Crippen LogP contribution in [0.3, 0.4) is 0 Å². The fourth-order valence-corrected chi connectivity index (χ4v) is 3.17. The maximum Gasteiger partial charge on any atom is 0.224 e. The monoisotopic (exact) mass is 386 g/mol. The second kappa shape index (κ2) is 7.94. The lowest BCUT2D eigenvalue weighted by atomic mass is 10.1. The molecule has 0 bridgehead atoms. The number of carbonyl (C=O) groups is 1. The normalized spacial score (nSPS) is 15.6. The van der Waals surface area contributed by atoms with Crippen molar-refractivity contribution in [3.05, 3.63) is 54.1 Å². The highest BCUT2D eigenvalue weighted by molar-refractivity contribution is 5.78. The molecule has 1 aromatic heterocycles. The number of benzene rings is 2. The number of anilines is 1. The quantitative estimate of drug-likeness (QED) is 0.689. The van der Waals surface area contributed by atoms with E-state index in [0.717, 1.165) is 5.56 Å². The van der Waals surface area contributed by atoms with Gasteiger partial charge < -0.3 is 15.8 Å². The maximum atomic E-state index is 11.4. The molecule has 1 aliphatic rings. The third-order valence-electron chi connectivity index (χ3n) is 4.57. The number of amides is 1. The van der Waals surface area contributed by atoms with Crippen LogP contribution < -0.4 is 15.8 Å². The van der Waals surface area contributed by atoms with Gasteiger partial charge in [0, 0.05) is 12.0 Å². The molecule has 8 nitrogen and oxygen atoms in total. The predicted molar refractivity (Wildman–Crippen MR) is 106 cm³/mol. The molecule has 0 saturated carbocycles. The van der Waals surface area contributed by atoms with Crippen molar-refractivity contribution in [2.75, 3.05) is 12.3 Å². The Morgan fingerprint density at radius 3 is 2.62 bits per heavy atom. The first-order valence-corrected chi connectivity index (χ1v) is 9.16. The van der Waals surface area contributed by atoms with E-state index in [4.69, 9.17) is 10.5 Å². The molecular formula is C21H18N6O2. The summed E-state index contributed by atoms with van der Waals surface area (Å²) in [5.41, 5.74) is 7.62. The Bertz CT molecular complexity index is 1090. The molecule has 0 aliphatic carbocycles. The third-order valence-corrected chi connectivity index (χ3v) is 4.57. The summed E-state index contributed by atoms with van der Waals surface area (Å²) in [7, 11) is 0. The second-order valence-corrected chi connectivity index (χ2v) is 6.62. The Hall–Kier alpha value is -3.99. The number of carbonyl (C=O) groups excluding carboxylic acids is 1. The first-order valence-electron chi connectivity index (χ1n) is 9.16. The summed E-state index contributed by atoms with van der Waals surface area (Å²) >= 11 is 0. The standard InChI is InChI=1S/C21H18N6O2/c22-11-14-7-4-8-16(18(14)29-12-15-9-10-17(28)24-15)20-25-19(26-21(23)27-20)13-5-2-1-3-6-13/h1-8,15H,9-10,12H2,(H,24,28)(H2,23,25,26,27). The Balaban J connectivity index is 1.72. The van der Waals surface area contributed by atoms with E-state index in [9.17, 15) is 10.1 Å². The number of nitrogens with two attached hydrogens (primary N) is 1. The molecule has 0 radical (unpaired) electrons. The van der Waals surface area contributed by atoms with E-state index in [1.807, 2.05) is 30.3 Å². The zero-order valence-electron chi connectivity index (χ0n) is 15.5. The number of nitrogens with zero attached hydrogens (tertiary/aromatic N) is 4. The summed E-state index contributed by atoms with van der Waals surface area (Å²) in [5, 5.41) is 12.4. The number of nitrogens with one attached hydrogen (secondary N) is 1. The highest BCUT2D eigenvalue weighted by atomic mass is 16.5. The molecule has 1 unspecified atom stereocenters. The summed E-state index contributed by atoms with van der Waals surface area (Å²) in [6, 6.07) is 16.6. The molecule has 4 rings (SSSR count). The maximum absolute atomic E-state index is 11.4. The number of ether oxygens (including phenoxy) is 1. The van der Waals surface area contributed by atoms with Crippen LogP contribution in [0.15, 0.2) is 48.5 Å². The Morgan fingerprint density at radius 2 is 1.90 bits per heavy atom. The molecule has 0 spiro atoms. The van der Waals surface area contributed by atoms with Gasteiger partial charge in [-0.25, -0.2) is 4.98 Å². The molecule has 29 heavy (non-hydrogen) atoms. The molecule has 2 aromatic carbocycles. The average molecular weight is 386 g/mol. The summed E-state index contributed by atoms with van der Waals surface area (Å²) in [6.45, 7) is 0.254. The number of aromatic nitrogens is 3. The Morgan fingerprint density at radius 1 is 1.10 bits per heavy atom. The van der Waals surface area contributed by atoms with Crippen molar-refractivity contribution in [2.45, 2.75) is 18.9 Å². The number of rotatable bonds is 5. The lowest BCUT2D eigenvalue weighted by Crippen LogP contribution is -2.31. The fourth-order valence-electron chi connectivity index (χ4n) is 3.17. The zero-order chi connectivity index (χ0) is 20.2. The number of nitrogen functional groups attached to an aromatic ring is 1. The van der Waals surface area contributed by atoms with E-state index < -0.39 is 0 Å². The van der Waals surface area contributed by atoms with Gasteiger partial charge in [0.15, 0.2) is 11.6 Å². The van der Waals surface area contributed by atoms with Crippen LogP contribution in [0.25, 0.3) is 22.8 Å². The van der Waals surface area contributed by atoms with Gasteiger partial charge in [-0.2, -0.15) is 15.2 Å². The first-order chi connectivity index (χ1) is 14.1. The molecule has 1 saturated heterocycles. The Labute approximate surface area is 167 Å². The molecule has 2 heterocycles. The molecule has 1 atom stereocenters. The lowest BCUT2D eigenvalue weighted by Gasteiger charge is -2.16. The van der Waals surface area contributed by atoms with Gasteiger partial charge in [0.25, 0.3) is 0 Å². The highest BCUT2D eigenvalue weighted by Crippen LogP contribution is 2.32. The number of nitriles is 1. The van der Waals surface area contributed by atoms with E-state index in [2.05, 4.69) is 26.3 Å². The minimum Gasteiger partial charge on any atom is -0.489 e. The minimum absolute atomic E-state index is 0.00475. The van der Waals surface area contributed by atoms with Crippen LogP contribution in [0.5, 0.6) is 5.75 Å². The Kier molecular flexibility index (Phi) is 5.03. The topological polar surface area (TPSA) is 127 Å². The van der Waals surface area contributed by atoms with Crippen molar-refractivity contribution in [3.63, 3.8) is 0 Å². The van der Waals surface area contributed by atoms with E-state index in [1.54, 1.807) is 18.2 Å². The summed E-state index contributed by atoms with van der Waals surface area (Å²) in [5.74, 6) is 1.19. The van der Waals surface area contributed by atoms with Gasteiger partial charge in [-0.1, -0.05) is 36.4 Å². The molecule has 3 N–H and O–H groups in total. The summed E-state index contributed by atoms with van der Waals surface area (Å²) < 4.78 is 5.95. The van der Waals surface area contributed by atoms with Crippen molar-refractivity contribution >= 4 is 11.9 Å². The number of hydrogen-bond acceptors (Lipinski definition) is 7. The van der Waals surface area contributed by atoms with Crippen molar-refractivity contribution in [1.29, 1.82) is 5.26 Å². The summed E-state index contributed by atoms with van der Waals surface area (Å²) in [6.07, 6.45) is 1.17. The zero-order valence-corrected chi connectivity index (χ0v) is 15.5. The van der Waals surface area contributed by atoms with Crippen molar-refractivity contribution < 1.29 is 9.53 Å². The van der Waals surface area contributed by atoms with Crippen LogP contribution in [-0.2, 0) is 4.79 Å². The van der Waals surface area contributed by atoms with Gasteiger partial charge in [-0.05, 0) is 18.6 Å². The molecule has 144 valence electrons. The van der Waals surface area contributed by atoms with Crippen molar-refractivity contribution in [2.24, 2.45) is 0 Å². The fraction of sp³-hybridized carbons (Fsp3) is 0.190. The van der Waals surface area contributed by atoms with Crippen LogP contribution in [0.1, 0.15) is 18.4 Å². The smallest absolute Gasteiger partial charge is 0.224 e. The van der Waals surface area contributed by atoms with Gasteiger partial charge in [-0.15, -0.1) is 0 Å². The van der Waals surface area contributed by atoms with Gasteiger partial charge in [0.05, 0.1) is 17.2 Å². The van der Waals surface area contributed by atoms with Crippen LogP contribution >= 0.6 is 0 Å². The van der Waals surface area contributed by atoms with Gasteiger partial charge >= 0.3 is 0 Å². The molecule has 1 aliphatic heterocycles. The first kappa shape index (κ1) is 18.4. The average Bonchev–Trinajstić information content (AvgIpc) is 3.17. The molecular weight excluding hydrogens is 368 g/mol. The van der Waals surface area contributed by atoms with Crippen molar-refractivity contribution in [3.8, 4) is 34.6 Å². The largest absolute Gasteiger partial charge is 0.489 e. The van der Waals surface area contributed by atoms with Crippen LogP contribution in [0.4, 0.5) is 5.95 Å². The minimum atomic E-state index is -0.0922. The van der Waals surface area contributed by atoms with Crippen LogP contribution in [0, 0.1) is 11.3 Å². The van der Waals surface area contributed by atoms with Gasteiger partial charge in [-0.3, -0.25) is 4.79 Å². The van der Waals surface area contributed by atoms with E-state index in [-0.39, 0.29) is 24.5 Å². The molecule has 8 heteroatoms. The van der Waals surface area contributed by atoms with Crippen LogP contribution in [-0.4, -0.2) is 33.5 Å². The van der Waals surface area contributed by atoms with E-state index >= 15 is 0 Å². The summed E-state index contributed by atoms with van der Waals surface area (Å²) in [4.78, 5) is 24.4. The van der Waals surface area contributed by atoms with E-state index in [1.165, 1.54) is 0 Å². The van der Waals surface area contributed by atoms with E-state index in [0.29, 0.717) is 41.4 Å². The lowest BCUT2D eigenvalue weighted by molar-refractivity contribution is -0.119. The molecule has 3 aromatic rings. The molecule has 1 fully saturated rings. The highest BCUT2D eigenvalue weighted by Gasteiger charge is 2.23. The van der Waals surface area contributed by atoms with Gasteiger partial charge in [0.2, 0.25) is 11.9 Å². The SMILES string of the molecule is N#Cc1cccc(-c2nc(N)nc(-c3ccccc3)n2)c1OCC1CCC(=O)N1. The van der Waals surface area contributed by atoms with Crippen LogP contribution in [0.2, 0.25) is 0 Å². The molecule has 1 amide bonds. The van der Waals surface area contributed by atoms with Crippen molar-refractivity contribution in [1.82, 2.24) is 20.3 Å². The third kappa shape index (κ3) is 3.99. The predicted octanol–water partition coefficient (Wildman–Crippen LogP) is 2.32. The van der Waals surface area contributed by atoms with Gasteiger partial charge in [0.1, 0.15) is 18.4 Å².